The Bertz CT molecular complexity index is 754. The highest BCUT2D eigenvalue weighted by atomic mass is 35.5. The largest absolute Gasteiger partial charge is 0.497 e. The molecule has 0 saturated carbocycles. The number of carbonyl (C=O) groups excluding carboxylic acids is 1. The van der Waals surface area contributed by atoms with Crippen molar-refractivity contribution in [2.75, 3.05) is 14.2 Å². The van der Waals surface area contributed by atoms with Gasteiger partial charge in [0.25, 0.3) is 5.91 Å². The molecule has 2 aromatic rings. The highest BCUT2D eigenvalue weighted by Gasteiger charge is 2.22. The van der Waals surface area contributed by atoms with E-state index in [1.165, 1.54) is 7.11 Å². The van der Waals surface area contributed by atoms with E-state index in [0.29, 0.717) is 28.4 Å². The van der Waals surface area contributed by atoms with E-state index >= 15 is 0 Å². The molecule has 0 aliphatic carbocycles. The molecule has 0 fully saturated rings. The summed E-state index contributed by atoms with van der Waals surface area (Å²) in [5.41, 5.74) is 2.03. The molecular formula is C18H17ClN2O3. The zero-order valence-corrected chi connectivity index (χ0v) is 14.1. The summed E-state index contributed by atoms with van der Waals surface area (Å²) in [5, 5.41) is 12.0. The van der Waals surface area contributed by atoms with Crippen molar-refractivity contribution in [2.24, 2.45) is 0 Å². The van der Waals surface area contributed by atoms with Gasteiger partial charge in [0, 0.05) is 19.2 Å². The molecule has 0 unspecified atom stereocenters. The van der Waals surface area contributed by atoms with E-state index in [9.17, 15) is 4.79 Å². The number of ether oxygens (including phenoxy) is 2. The van der Waals surface area contributed by atoms with E-state index in [0.717, 1.165) is 5.56 Å². The first-order valence-corrected chi connectivity index (χ1v) is 7.59. The maximum absolute atomic E-state index is 12.4. The van der Waals surface area contributed by atoms with Crippen LogP contribution in [0.4, 0.5) is 0 Å². The second kappa shape index (κ2) is 8.34. The lowest BCUT2D eigenvalue weighted by Crippen LogP contribution is -2.30. The maximum Gasteiger partial charge on any atom is 0.254 e. The summed E-state index contributed by atoms with van der Waals surface area (Å²) in [5.74, 6) is 0.311. The minimum Gasteiger partial charge on any atom is -0.497 e. The lowest BCUT2D eigenvalue weighted by Gasteiger charge is -2.17. The van der Waals surface area contributed by atoms with Crippen molar-refractivity contribution in [1.29, 1.82) is 5.26 Å². The van der Waals surface area contributed by atoms with Gasteiger partial charge < -0.3 is 14.8 Å². The number of halogens is 1. The molecule has 2 rings (SSSR count). The Hall–Kier alpha value is -2.55. The second-order valence-electron chi connectivity index (χ2n) is 5.03. The van der Waals surface area contributed by atoms with Gasteiger partial charge in [-0.05, 0) is 29.8 Å². The number of hydrogen-bond donors (Lipinski definition) is 1. The Morgan fingerprint density at radius 1 is 1.25 bits per heavy atom. The summed E-state index contributed by atoms with van der Waals surface area (Å²) < 4.78 is 10.4. The Morgan fingerprint density at radius 2 is 1.96 bits per heavy atom. The number of nitriles is 1. The molecule has 0 radical (unpaired) electrons. The van der Waals surface area contributed by atoms with Gasteiger partial charge in [-0.3, -0.25) is 4.79 Å². The monoisotopic (exact) mass is 344 g/mol. The van der Waals surface area contributed by atoms with Gasteiger partial charge in [0.15, 0.2) is 6.10 Å². The molecule has 0 aromatic heterocycles. The third-order valence-electron chi connectivity index (χ3n) is 3.51. The first kappa shape index (κ1) is 17.8. The fraction of sp³-hybridized carbons (Fsp3) is 0.222. The van der Waals surface area contributed by atoms with Crippen LogP contribution in [0.1, 0.15) is 22.8 Å². The maximum atomic E-state index is 12.4. The van der Waals surface area contributed by atoms with E-state index in [1.807, 2.05) is 0 Å². The van der Waals surface area contributed by atoms with Crippen LogP contribution in [0.25, 0.3) is 0 Å². The van der Waals surface area contributed by atoms with Gasteiger partial charge in [-0.2, -0.15) is 5.26 Å². The molecule has 1 amide bonds. The van der Waals surface area contributed by atoms with E-state index in [1.54, 1.807) is 49.6 Å². The molecule has 124 valence electrons. The molecule has 0 heterocycles. The fourth-order valence-electron chi connectivity index (χ4n) is 2.20. The molecule has 0 aliphatic heterocycles. The van der Waals surface area contributed by atoms with E-state index < -0.39 is 6.10 Å². The zero-order valence-electron chi connectivity index (χ0n) is 13.4. The average Bonchev–Trinajstić information content (AvgIpc) is 2.62. The van der Waals surface area contributed by atoms with Gasteiger partial charge in [0.2, 0.25) is 0 Å². The summed E-state index contributed by atoms with van der Waals surface area (Å²) in [7, 11) is 3.00. The van der Waals surface area contributed by atoms with E-state index in [4.69, 9.17) is 26.3 Å². The van der Waals surface area contributed by atoms with Gasteiger partial charge in [-0.1, -0.05) is 29.8 Å². The molecule has 2 aromatic carbocycles. The second-order valence-corrected chi connectivity index (χ2v) is 5.44. The fourth-order valence-corrected chi connectivity index (χ4v) is 2.47. The first-order chi connectivity index (χ1) is 11.6. The molecule has 0 spiro atoms. The standard InChI is InChI=1S/C18H17ClN2O3/c1-23-14-7-8-15(16(19)9-14)17(24-2)18(22)21-11-13-5-3-12(10-20)4-6-13/h3-9,17H,11H2,1-2H3,(H,21,22)/t17-/m0/s1. The summed E-state index contributed by atoms with van der Waals surface area (Å²) in [6, 6.07) is 14.1. The van der Waals surface area contributed by atoms with E-state index in [-0.39, 0.29) is 5.91 Å². The van der Waals surface area contributed by atoms with E-state index in [2.05, 4.69) is 11.4 Å². The lowest BCUT2D eigenvalue weighted by molar-refractivity contribution is -0.131. The molecule has 6 heteroatoms. The van der Waals surface area contributed by atoms with Crippen molar-refractivity contribution in [1.82, 2.24) is 5.32 Å². The van der Waals surface area contributed by atoms with Crippen LogP contribution in [0.3, 0.4) is 0 Å². The van der Waals surface area contributed by atoms with Gasteiger partial charge in [0.05, 0.1) is 23.8 Å². The van der Waals surface area contributed by atoms with Crippen molar-refractivity contribution in [3.8, 4) is 11.8 Å². The average molecular weight is 345 g/mol. The van der Waals surface area contributed by atoms with Crippen LogP contribution in [-0.4, -0.2) is 20.1 Å². The van der Waals surface area contributed by atoms with Crippen molar-refractivity contribution in [2.45, 2.75) is 12.6 Å². The summed E-state index contributed by atoms with van der Waals surface area (Å²) in [6.07, 6.45) is -0.818. The van der Waals surface area contributed by atoms with Gasteiger partial charge in [-0.15, -0.1) is 0 Å². The van der Waals surface area contributed by atoms with Crippen LogP contribution in [0, 0.1) is 11.3 Å². The lowest BCUT2D eigenvalue weighted by atomic mass is 10.1. The van der Waals surface area contributed by atoms with Crippen molar-refractivity contribution < 1.29 is 14.3 Å². The quantitative estimate of drug-likeness (QED) is 0.873. The molecule has 0 saturated heterocycles. The van der Waals surface area contributed by atoms with Gasteiger partial charge in [-0.25, -0.2) is 0 Å². The summed E-state index contributed by atoms with van der Waals surface area (Å²) in [6.45, 7) is 0.332. The molecule has 0 bridgehead atoms. The number of hydrogen-bond acceptors (Lipinski definition) is 4. The van der Waals surface area contributed by atoms with Crippen LogP contribution < -0.4 is 10.1 Å². The predicted molar refractivity (Wildman–Crippen MR) is 90.8 cm³/mol. The highest BCUT2D eigenvalue weighted by molar-refractivity contribution is 6.31. The Balaban J connectivity index is 2.07. The summed E-state index contributed by atoms with van der Waals surface area (Å²) in [4.78, 5) is 12.4. The van der Waals surface area contributed by atoms with Gasteiger partial charge in [0.1, 0.15) is 5.75 Å². The predicted octanol–water partition coefficient (Wildman–Crippen LogP) is 3.22. The number of rotatable bonds is 6. The third-order valence-corrected chi connectivity index (χ3v) is 3.84. The van der Waals surface area contributed by atoms with Crippen molar-refractivity contribution >= 4 is 17.5 Å². The number of benzene rings is 2. The van der Waals surface area contributed by atoms with Crippen LogP contribution in [0.5, 0.6) is 5.75 Å². The molecule has 5 nitrogen and oxygen atoms in total. The van der Waals surface area contributed by atoms with Crippen LogP contribution in [-0.2, 0) is 16.1 Å². The van der Waals surface area contributed by atoms with Crippen molar-refractivity contribution in [3.05, 3.63) is 64.2 Å². The zero-order chi connectivity index (χ0) is 17.5. The SMILES string of the molecule is COc1ccc([C@H](OC)C(=O)NCc2ccc(C#N)cc2)c(Cl)c1. The van der Waals surface area contributed by atoms with Crippen LogP contribution in [0.15, 0.2) is 42.5 Å². The third kappa shape index (κ3) is 4.25. The minimum atomic E-state index is -0.818. The van der Waals surface area contributed by atoms with Gasteiger partial charge >= 0.3 is 0 Å². The number of nitrogens with one attached hydrogen (secondary N) is 1. The number of methoxy groups -OCH3 is 2. The minimum absolute atomic E-state index is 0.297. The number of carbonyl (C=O) groups is 1. The Morgan fingerprint density at radius 3 is 2.50 bits per heavy atom. The highest BCUT2D eigenvalue weighted by Crippen LogP contribution is 2.29. The molecule has 0 aliphatic rings. The molecule has 1 N–H and O–H groups in total. The summed E-state index contributed by atoms with van der Waals surface area (Å²) >= 11 is 6.21. The van der Waals surface area contributed by atoms with Crippen LogP contribution >= 0.6 is 11.6 Å². The smallest absolute Gasteiger partial charge is 0.254 e. The Kier molecular flexibility index (Phi) is 6.19. The number of amides is 1. The molecule has 24 heavy (non-hydrogen) atoms. The normalized spacial score (nSPS) is 11.4. The Labute approximate surface area is 145 Å². The first-order valence-electron chi connectivity index (χ1n) is 7.22. The van der Waals surface area contributed by atoms with Crippen LogP contribution in [0.2, 0.25) is 5.02 Å². The molecular weight excluding hydrogens is 328 g/mol. The molecule has 1 atom stereocenters. The van der Waals surface area contributed by atoms with Crippen molar-refractivity contribution in [3.63, 3.8) is 0 Å². The topological polar surface area (TPSA) is 71.3 Å². The number of nitrogens with zero attached hydrogens (tertiary/aromatic N) is 1.